The van der Waals surface area contributed by atoms with E-state index in [-0.39, 0.29) is 11.3 Å². The van der Waals surface area contributed by atoms with Gasteiger partial charge >= 0.3 is 0 Å². The van der Waals surface area contributed by atoms with Crippen molar-refractivity contribution in [2.24, 2.45) is 5.16 Å². The fourth-order valence-electron chi connectivity index (χ4n) is 2.31. The van der Waals surface area contributed by atoms with Crippen LogP contribution in [0.25, 0.3) is 0 Å². The molecule has 1 N–H and O–H groups in total. The first-order valence-electron chi connectivity index (χ1n) is 7.91. The molecule has 0 aliphatic carbocycles. The Hall–Kier alpha value is -2.62. The summed E-state index contributed by atoms with van der Waals surface area (Å²) in [5, 5.41) is 6.80. The van der Waals surface area contributed by atoms with Gasteiger partial charge in [0.2, 0.25) is 0 Å². The van der Waals surface area contributed by atoms with Gasteiger partial charge in [0.1, 0.15) is 7.11 Å². The largest absolute Gasteiger partial charge is 0.399 e. The fraction of sp³-hybridized carbons (Fsp3) is 0.300. The number of carbonyl (C=O) groups is 1. The van der Waals surface area contributed by atoms with Crippen molar-refractivity contribution in [1.29, 1.82) is 0 Å². The van der Waals surface area contributed by atoms with E-state index in [0.29, 0.717) is 5.56 Å². The highest BCUT2D eigenvalue weighted by Crippen LogP contribution is 2.23. The molecule has 0 aromatic heterocycles. The SMILES string of the molecule is CO/N=C(\C)c1ccc(C(=O)Nc2ccc(C(C)(C)C)cc2)cc1. The van der Waals surface area contributed by atoms with Crippen LogP contribution in [0.5, 0.6) is 0 Å². The predicted octanol–water partition coefficient (Wildman–Crippen LogP) is 4.61. The van der Waals surface area contributed by atoms with E-state index in [2.05, 4.69) is 31.2 Å². The molecule has 1 amide bonds. The topological polar surface area (TPSA) is 50.7 Å². The molecule has 0 saturated heterocycles. The summed E-state index contributed by atoms with van der Waals surface area (Å²) < 4.78 is 0. The Labute approximate surface area is 143 Å². The summed E-state index contributed by atoms with van der Waals surface area (Å²) in [6.07, 6.45) is 0. The third-order valence-electron chi connectivity index (χ3n) is 3.80. The summed E-state index contributed by atoms with van der Waals surface area (Å²) in [4.78, 5) is 17.1. The van der Waals surface area contributed by atoms with Gasteiger partial charge in [-0.1, -0.05) is 50.2 Å². The van der Waals surface area contributed by atoms with Crippen LogP contribution >= 0.6 is 0 Å². The molecule has 0 spiro atoms. The average molecular weight is 324 g/mol. The van der Waals surface area contributed by atoms with Crippen LogP contribution in [-0.4, -0.2) is 18.7 Å². The maximum absolute atomic E-state index is 12.3. The van der Waals surface area contributed by atoms with Crippen molar-refractivity contribution < 1.29 is 9.63 Å². The molecule has 0 radical (unpaired) electrons. The molecule has 0 aliphatic rings. The fourth-order valence-corrected chi connectivity index (χ4v) is 2.31. The zero-order valence-corrected chi connectivity index (χ0v) is 14.9. The van der Waals surface area contributed by atoms with Gasteiger partial charge in [-0.25, -0.2) is 0 Å². The van der Waals surface area contributed by atoms with Crippen LogP contribution in [0.2, 0.25) is 0 Å². The first-order valence-corrected chi connectivity index (χ1v) is 7.91. The lowest BCUT2D eigenvalue weighted by Gasteiger charge is -2.19. The van der Waals surface area contributed by atoms with Gasteiger partial charge in [0.05, 0.1) is 5.71 Å². The van der Waals surface area contributed by atoms with Gasteiger partial charge in [0.15, 0.2) is 0 Å². The molecule has 0 fully saturated rings. The molecule has 4 nitrogen and oxygen atoms in total. The van der Waals surface area contributed by atoms with E-state index < -0.39 is 0 Å². The van der Waals surface area contributed by atoms with E-state index in [0.717, 1.165) is 17.0 Å². The minimum absolute atomic E-state index is 0.0972. The van der Waals surface area contributed by atoms with E-state index in [1.165, 1.54) is 12.7 Å². The molecule has 2 aromatic rings. The Bertz CT molecular complexity index is 724. The number of amides is 1. The molecule has 0 heterocycles. The number of oxime groups is 1. The normalized spacial score (nSPS) is 12.0. The van der Waals surface area contributed by atoms with Crippen molar-refractivity contribution in [2.45, 2.75) is 33.1 Å². The zero-order chi connectivity index (χ0) is 17.7. The van der Waals surface area contributed by atoms with Gasteiger partial charge in [0.25, 0.3) is 5.91 Å². The molecule has 2 aromatic carbocycles. The molecule has 0 unspecified atom stereocenters. The average Bonchev–Trinajstić information content (AvgIpc) is 2.55. The number of carbonyl (C=O) groups excluding carboxylic acids is 1. The van der Waals surface area contributed by atoms with Gasteiger partial charge in [-0.2, -0.15) is 0 Å². The number of hydrogen-bond donors (Lipinski definition) is 1. The number of nitrogens with zero attached hydrogens (tertiary/aromatic N) is 1. The Morgan fingerprint density at radius 1 is 0.958 bits per heavy atom. The Morgan fingerprint density at radius 2 is 1.50 bits per heavy atom. The number of benzene rings is 2. The standard InChI is InChI=1S/C20H24N2O2/c1-14(22-24-5)15-6-8-16(9-7-15)19(23)21-18-12-10-17(11-13-18)20(2,3)4/h6-13H,1-5H3,(H,21,23)/b22-14+. The third kappa shape index (κ3) is 4.44. The second kappa shape index (κ2) is 7.30. The highest BCUT2D eigenvalue weighted by atomic mass is 16.6. The summed E-state index contributed by atoms with van der Waals surface area (Å²) in [6, 6.07) is 15.2. The van der Waals surface area contributed by atoms with Crippen molar-refractivity contribution in [1.82, 2.24) is 0 Å². The lowest BCUT2D eigenvalue weighted by atomic mass is 9.87. The van der Waals surface area contributed by atoms with Gasteiger partial charge in [0, 0.05) is 11.3 Å². The van der Waals surface area contributed by atoms with Gasteiger partial charge < -0.3 is 10.2 Å². The molecule has 0 atom stereocenters. The predicted molar refractivity (Wildman–Crippen MR) is 98.8 cm³/mol. The molecule has 0 saturated carbocycles. The quantitative estimate of drug-likeness (QED) is 0.659. The van der Waals surface area contributed by atoms with Crippen LogP contribution in [0.15, 0.2) is 53.7 Å². The third-order valence-corrected chi connectivity index (χ3v) is 3.80. The smallest absolute Gasteiger partial charge is 0.255 e. The highest BCUT2D eigenvalue weighted by molar-refractivity contribution is 6.05. The van der Waals surface area contributed by atoms with Crippen LogP contribution in [-0.2, 0) is 10.3 Å². The summed E-state index contributed by atoms with van der Waals surface area (Å²) in [5.74, 6) is -0.133. The van der Waals surface area contributed by atoms with Crippen molar-refractivity contribution in [3.8, 4) is 0 Å². The van der Waals surface area contributed by atoms with E-state index in [4.69, 9.17) is 4.84 Å². The van der Waals surface area contributed by atoms with Gasteiger partial charge in [-0.05, 0) is 47.7 Å². The maximum Gasteiger partial charge on any atom is 0.255 e. The lowest BCUT2D eigenvalue weighted by Crippen LogP contribution is -2.13. The number of anilines is 1. The molecule has 4 heteroatoms. The highest BCUT2D eigenvalue weighted by Gasteiger charge is 2.13. The van der Waals surface area contributed by atoms with Gasteiger partial charge in [-0.3, -0.25) is 4.79 Å². The first-order chi connectivity index (χ1) is 11.3. The molecule has 24 heavy (non-hydrogen) atoms. The Balaban J connectivity index is 2.08. The molecule has 2 rings (SSSR count). The van der Waals surface area contributed by atoms with Gasteiger partial charge in [-0.15, -0.1) is 0 Å². The van der Waals surface area contributed by atoms with Crippen LogP contribution in [0.3, 0.4) is 0 Å². The summed E-state index contributed by atoms with van der Waals surface area (Å²) in [6.45, 7) is 8.35. The first kappa shape index (κ1) is 17.7. The molecule has 0 aliphatic heterocycles. The van der Waals surface area contributed by atoms with Crippen molar-refractivity contribution >= 4 is 17.3 Å². The van der Waals surface area contributed by atoms with Crippen LogP contribution < -0.4 is 5.32 Å². The minimum Gasteiger partial charge on any atom is -0.399 e. The molecular formula is C20H24N2O2. The summed E-state index contributed by atoms with van der Waals surface area (Å²) >= 11 is 0. The van der Waals surface area contributed by atoms with E-state index in [1.54, 1.807) is 12.1 Å². The molecule has 126 valence electrons. The number of rotatable bonds is 4. The number of hydrogen-bond acceptors (Lipinski definition) is 3. The Kier molecular flexibility index (Phi) is 5.39. The second-order valence-electron chi connectivity index (χ2n) is 6.72. The van der Waals surface area contributed by atoms with Crippen molar-refractivity contribution in [2.75, 3.05) is 12.4 Å². The van der Waals surface area contributed by atoms with Crippen molar-refractivity contribution in [3.05, 3.63) is 65.2 Å². The van der Waals surface area contributed by atoms with E-state index in [1.807, 2.05) is 43.3 Å². The summed E-state index contributed by atoms with van der Waals surface area (Å²) in [7, 11) is 1.51. The molecular weight excluding hydrogens is 300 g/mol. The summed E-state index contributed by atoms with van der Waals surface area (Å²) in [5.41, 5.74) is 4.40. The maximum atomic E-state index is 12.3. The zero-order valence-electron chi connectivity index (χ0n) is 14.9. The number of nitrogens with one attached hydrogen (secondary N) is 1. The van der Waals surface area contributed by atoms with Crippen LogP contribution in [0, 0.1) is 0 Å². The second-order valence-corrected chi connectivity index (χ2v) is 6.72. The molecule has 0 bridgehead atoms. The van der Waals surface area contributed by atoms with Crippen molar-refractivity contribution in [3.63, 3.8) is 0 Å². The van der Waals surface area contributed by atoms with E-state index >= 15 is 0 Å². The Morgan fingerprint density at radius 3 is 2.00 bits per heavy atom. The van der Waals surface area contributed by atoms with Crippen LogP contribution in [0.1, 0.15) is 49.2 Å². The monoisotopic (exact) mass is 324 g/mol. The van der Waals surface area contributed by atoms with Crippen LogP contribution in [0.4, 0.5) is 5.69 Å². The minimum atomic E-state index is -0.133. The lowest BCUT2D eigenvalue weighted by molar-refractivity contribution is 0.102. The van der Waals surface area contributed by atoms with E-state index in [9.17, 15) is 4.79 Å².